The topological polar surface area (TPSA) is 64.3 Å². The molecule has 0 aliphatic rings. The van der Waals surface area contributed by atoms with E-state index >= 15 is 0 Å². The molecule has 2 unspecified atom stereocenters. The molecule has 0 spiro atoms. The molecule has 1 rings (SSSR count). The molecule has 0 fully saturated rings. The lowest BCUT2D eigenvalue weighted by atomic mass is 9.87. The third kappa shape index (κ3) is 6.17. The first-order valence-electron chi connectivity index (χ1n) is 7.50. The van der Waals surface area contributed by atoms with Gasteiger partial charge in [0.1, 0.15) is 5.75 Å². The van der Waals surface area contributed by atoms with E-state index in [9.17, 15) is 4.79 Å². The number of benzene rings is 1. The predicted molar refractivity (Wildman–Crippen MR) is 86.5 cm³/mol. The second-order valence-corrected chi connectivity index (χ2v) is 6.59. The number of hydrogen-bond acceptors (Lipinski definition) is 3. The molecule has 0 bridgehead atoms. The molecule has 3 N–H and O–H groups in total. The van der Waals surface area contributed by atoms with E-state index in [1.807, 2.05) is 31.2 Å². The highest BCUT2D eigenvalue weighted by atomic mass is 16.5. The fraction of sp³-hybridized carbons (Fsp3) is 0.588. The molecule has 4 nitrogen and oxygen atoms in total. The number of rotatable bonds is 6. The van der Waals surface area contributed by atoms with Crippen molar-refractivity contribution >= 4 is 5.91 Å². The molecule has 0 saturated heterocycles. The number of carbonyl (C=O) groups is 1. The molecule has 0 saturated carbocycles. The Balaban J connectivity index is 2.50. The molecule has 0 aliphatic carbocycles. The maximum absolute atomic E-state index is 11.9. The number of ether oxygens (including phenoxy) is 1. The number of nitrogens with one attached hydrogen (secondary N) is 1. The minimum atomic E-state index is -0.515. The summed E-state index contributed by atoms with van der Waals surface area (Å²) in [6.45, 7) is 10.7. The molecule has 0 heterocycles. The van der Waals surface area contributed by atoms with Crippen molar-refractivity contribution in [3.63, 3.8) is 0 Å². The molecular formula is C17H28N2O2. The monoisotopic (exact) mass is 292 g/mol. The third-order valence-electron chi connectivity index (χ3n) is 3.30. The van der Waals surface area contributed by atoms with E-state index in [-0.39, 0.29) is 17.4 Å². The molecule has 2 atom stereocenters. The Morgan fingerprint density at radius 2 is 1.81 bits per heavy atom. The predicted octanol–water partition coefficient (Wildman–Crippen LogP) is 2.60. The molecule has 1 amide bonds. The van der Waals surface area contributed by atoms with Crippen LogP contribution < -0.4 is 15.8 Å². The lowest BCUT2D eigenvalue weighted by molar-refractivity contribution is -0.127. The highest BCUT2D eigenvalue weighted by molar-refractivity contribution is 5.80. The maximum Gasteiger partial charge on any atom is 0.260 e. The fourth-order valence-electron chi connectivity index (χ4n) is 1.86. The average molecular weight is 292 g/mol. The molecule has 0 aromatic heterocycles. The highest BCUT2D eigenvalue weighted by Gasteiger charge is 2.16. The summed E-state index contributed by atoms with van der Waals surface area (Å²) < 4.78 is 5.66. The molecule has 0 aliphatic heterocycles. The van der Waals surface area contributed by atoms with Crippen molar-refractivity contribution in [1.29, 1.82) is 0 Å². The molecule has 0 radical (unpaired) electrons. The molecule has 21 heavy (non-hydrogen) atoms. The van der Waals surface area contributed by atoms with Gasteiger partial charge in [0.05, 0.1) is 0 Å². The summed E-state index contributed by atoms with van der Waals surface area (Å²) >= 11 is 0. The van der Waals surface area contributed by atoms with Crippen LogP contribution in [0.5, 0.6) is 5.75 Å². The van der Waals surface area contributed by atoms with Crippen LogP contribution in [0, 0.1) is 0 Å². The molecule has 1 aromatic carbocycles. The lowest BCUT2D eigenvalue weighted by Crippen LogP contribution is -2.38. The van der Waals surface area contributed by atoms with Crippen molar-refractivity contribution in [2.75, 3.05) is 6.54 Å². The van der Waals surface area contributed by atoms with Crippen LogP contribution in [0.4, 0.5) is 0 Å². The van der Waals surface area contributed by atoms with E-state index in [1.54, 1.807) is 6.92 Å². The minimum Gasteiger partial charge on any atom is -0.481 e. The van der Waals surface area contributed by atoms with Crippen molar-refractivity contribution in [3.05, 3.63) is 29.8 Å². The summed E-state index contributed by atoms with van der Waals surface area (Å²) in [5, 5.41) is 2.83. The summed E-state index contributed by atoms with van der Waals surface area (Å²) in [5.41, 5.74) is 7.00. The van der Waals surface area contributed by atoms with Gasteiger partial charge < -0.3 is 15.8 Å². The zero-order valence-electron chi connectivity index (χ0n) is 13.8. The van der Waals surface area contributed by atoms with Gasteiger partial charge in [0.15, 0.2) is 6.10 Å². The second-order valence-electron chi connectivity index (χ2n) is 6.59. The quantitative estimate of drug-likeness (QED) is 0.847. The van der Waals surface area contributed by atoms with Crippen molar-refractivity contribution in [3.8, 4) is 5.75 Å². The van der Waals surface area contributed by atoms with Crippen LogP contribution >= 0.6 is 0 Å². The minimum absolute atomic E-state index is 0.0893. The Hall–Kier alpha value is -1.55. The van der Waals surface area contributed by atoms with Gasteiger partial charge >= 0.3 is 0 Å². The van der Waals surface area contributed by atoms with Crippen molar-refractivity contribution in [1.82, 2.24) is 5.32 Å². The normalized spacial score (nSPS) is 14.4. The van der Waals surface area contributed by atoms with E-state index in [1.165, 1.54) is 5.56 Å². The van der Waals surface area contributed by atoms with E-state index in [4.69, 9.17) is 10.5 Å². The van der Waals surface area contributed by atoms with E-state index < -0.39 is 6.10 Å². The van der Waals surface area contributed by atoms with Gasteiger partial charge in [-0.2, -0.15) is 0 Å². The first-order valence-corrected chi connectivity index (χ1v) is 7.50. The van der Waals surface area contributed by atoms with Gasteiger partial charge in [0.25, 0.3) is 5.91 Å². The summed E-state index contributed by atoms with van der Waals surface area (Å²) in [7, 11) is 0. The zero-order chi connectivity index (χ0) is 16.0. The van der Waals surface area contributed by atoms with E-state index in [0.29, 0.717) is 12.3 Å². The first kappa shape index (κ1) is 17.5. The van der Waals surface area contributed by atoms with E-state index in [2.05, 4.69) is 26.1 Å². The lowest BCUT2D eigenvalue weighted by Gasteiger charge is -2.20. The molecule has 4 heteroatoms. The second kappa shape index (κ2) is 7.46. The molecule has 1 aromatic rings. The Morgan fingerprint density at radius 1 is 1.24 bits per heavy atom. The van der Waals surface area contributed by atoms with Crippen LogP contribution in [0.15, 0.2) is 24.3 Å². The van der Waals surface area contributed by atoms with Crippen LogP contribution in [0.2, 0.25) is 0 Å². The van der Waals surface area contributed by atoms with Gasteiger partial charge in [-0.05, 0) is 43.4 Å². The van der Waals surface area contributed by atoms with Crippen molar-refractivity contribution < 1.29 is 9.53 Å². The van der Waals surface area contributed by atoms with Crippen LogP contribution in [-0.4, -0.2) is 24.6 Å². The Labute approximate surface area is 128 Å². The summed E-state index contributed by atoms with van der Waals surface area (Å²) in [5.74, 6) is 0.591. The SMILES string of the molecule is CC(N)CCNC(=O)C(C)Oc1ccc(C(C)(C)C)cc1. The Bertz CT molecular complexity index is 447. The van der Waals surface area contributed by atoms with Crippen LogP contribution in [0.3, 0.4) is 0 Å². The van der Waals surface area contributed by atoms with Gasteiger partial charge in [-0.1, -0.05) is 32.9 Å². The third-order valence-corrected chi connectivity index (χ3v) is 3.30. The van der Waals surface area contributed by atoms with Gasteiger partial charge in [0, 0.05) is 12.6 Å². The van der Waals surface area contributed by atoms with Crippen molar-refractivity contribution in [2.24, 2.45) is 5.73 Å². The summed E-state index contributed by atoms with van der Waals surface area (Å²) in [4.78, 5) is 11.9. The number of hydrogen-bond donors (Lipinski definition) is 2. The first-order chi connectivity index (χ1) is 9.70. The number of amides is 1. The average Bonchev–Trinajstić information content (AvgIpc) is 2.37. The van der Waals surface area contributed by atoms with Gasteiger partial charge in [0.2, 0.25) is 0 Å². The van der Waals surface area contributed by atoms with Crippen LogP contribution in [0.25, 0.3) is 0 Å². The number of carbonyl (C=O) groups excluding carboxylic acids is 1. The zero-order valence-corrected chi connectivity index (χ0v) is 13.8. The summed E-state index contributed by atoms with van der Waals surface area (Å²) in [6.07, 6.45) is 0.247. The smallest absolute Gasteiger partial charge is 0.260 e. The van der Waals surface area contributed by atoms with Gasteiger partial charge in [-0.15, -0.1) is 0 Å². The Morgan fingerprint density at radius 3 is 2.29 bits per heavy atom. The van der Waals surface area contributed by atoms with E-state index in [0.717, 1.165) is 6.42 Å². The maximum atomic E-state index is 11.9. The molecule has 118 valence electrons. The van der Waals surface area contributed by atoms with Gasteiger partial charge in [-0.3, -0.25) is 4.79 Å². The standard InChI is InChI=1S/C17H28N2O2/c1-12(18)10-11-19-16(20)13(2)21-15-8-6-14(7-9-15)17(3,4)5/h6-9,12-13H,10-11,18H2,1-5H3,(H,19,20). The van der Waals surface area contributed by atoms with Crippen LogP contribution in [-0.2, 0) is 10.2 Å². The van der Waals surface area contributed by atoms with Gasteiger partial charge in [-0.25, -0.2) is 0 Å². The highest BCUT2D eigenvalue weighted by Crippen LogP contribution is 2.24. The molecular weight excluding hydrogens is 264 g/mol. The Kier molecular flexibility index (Phi) is 6.21. The van der Waals surface area contributed by atoms with Crippen LogP contribution in [0.1, 0.15) is 46.6 Å². The number of nitrogens with two attached hydrogens (primary N) is 1. The van der Waals surface area contributed by atoms with Crippen molar-refractivity contribution in [2.45, 2.75) is 58.6 Å². The largest absolute Gasteiger partial charge is 0.481 e. The summed E-state index contributed by atoms with van der Waals surface area (Å²) in [6, 6.07) is 7.98. The fourth-order valence-corrected chi connectivity index (χ4v) is 1.86.